The zero-order chi connectivity index (χ0) is 18.7. The highest BCUT2D eigenvalue weighted by Gasteiger charge is 2.22. The maximum atomic E-state index is 13.3. The van der Waals surface area contributed by atoms with Crippen LogP contribution in [-0.2, 0) is 24.2 Å². The molecule has 8 heteroatoms. The Labute approximate surface area is 162 Å². The van der Waals surface area contributed by atoms with Gasteiger partial charge < -0.3 is 10.2 Å². The van der Waals surface area contributed by atoms with E-state index in [4.69, 9.17) is 4.98 Å². The van der Waals surface area contributed by atoms with Gasteiger partial charge in [0.1, 0.15) is 4.83 Å². The quantitative estimate of drug-likeness (QED) is 0.576. The smallest absolute Gasteiger partial charge is 0.263 e. The van der Waals surface area contributed by atoms with Gasteiger partial charge in [0.25, 0.3) is 5.56 Å². The molecular weight excluding hydrogens is 368 g/mol. The molecule has 0 atom stereocenters. The molecule has 2 aromatic rings. The Morgan fingerprint density at radius 2 is 2.12 bits per heavy atom. The van der Waals surface area contributed by atoms with Gasteiger partial charge >= 0.3 is 0 Å². The summed E-state index contributed by atoms with van der Waals surface area (Å²) in [4.78, 5) is 34.0. The summed E-state index contributed by atoms with van der Waals surface area (Å²) in [6, 6.07) is 0. The summed E-state index contributed by atoms with van der Waals surface area (Å²) < 4.78 is 1.78. The predicted molar refractivity (Wildman–Crippen MR) is 108 cm³/mol. The fourth-order valence-electron chi connectivity index (χ4n) is 3.27. The van der Waals surface area contributed by atoms with E-state index in [0.29, 0.717) is 11.7 Å². The van der Waals surface area contributed by atoms with Gasteiger partial charge in [-0.2, -0.15) is 0 Å². The number of nitrogens with zero attached hydrogens (tertiary/aromatic N) is 3. The largest absolute Gasteiger partial charge is 0.358 e. The monoisotopic (exact) mass is 394 g/mol. The van der Waals surface area contributed by atoms with Crippen LogP contribution in [0.3, 0.4) is 0 Å². The number of aromatic nitrogens is 2. The van der Waals surface area contributed by atoms with Gasteiger partial charge in [0.05, 0.1) is 11.1 Å². The number of thioether (sulfide) groups is 1. The molecule has 0 unspecified atom stereocenters. The van der Waals surface area contributed by atoms with E-state index < -0.39 is 0 Å². The Morgan fingerprint density at radius 1 is 1.35 bits per heavy atom. The SMILES string of the molecule is CNC(=O)CSc1nc2sc3c(c2c(=O)n1CCCN(C)C)CCCC3. The van der Waals surface area contributed by atoms with Gasteiger partial charge in [-0.05, 0) is 58.3 Å². The van der Waals surface area contributed by atoms with Gasteiger partial charge in [-0.25, -0.2) is 4.98 Å². The van der Waals surface area contributed by atoms with E-state index in [-0.39, 0.29) is 17.2 Å². The lowest BCUT2D eigenvalue weighted by Crippen LogP contribution is -2.27. The molecule has 2 aromatic heterocycles. The third kappa shape index (κ3) is 4.13. The molecule has 2 heterocycles. The molecule has 1 amide bonds. The maximum absolute atomic E-state index is 13.3. The van der Waals surface area contributed by atoms with E-state index >= 15 is 0 Å². The molecule has 3 rings (SSSR count). The summed E-state index contributed by atoms with van der Waals surface area (Å²) in [7, 11) is 5.68. The highest BCUT2D eigenvalue weighted by atomic mass is 32.2. The molecule has 26 heavy (non-hydrogen) atoms. The number of aryl methyl sites for hydroxylation is 2. The molecule has 0 radical (unpaired) electrons. The molecule has 1 N–H and O–H groups in total. The molecule has 142 valence electrons. The Bertz CT molecular complexity index is 857. The summed E-state index contributed by atoms with van der Waals surface area (Å²) in [5.74, 6) is 0.211. The standard InChI is InChI=1S/C18H26N4O2S2/c1-19-14(23)11-25-18-20-16-15(12-7-4-5-8-13(12)26-16)17(24)22(18)10-6-9-21(2)3/h4-11H2,1-3H3,(H,19,23). The minimum atomic E-state index is -0.0605. The molecule has 1 aliphatic carbocycles. The van der Waals surface area contributed by atoms with Crippen LogP contribution in [0.5, 0.6) is 0 Å². The second-order valence-corrected chi connectivity index (χ2v) is 8.89. The highest BCUT2D eigenvalue weighted by Crippen LogP contribution is 2.34. The van der Waals surface area contributed by atoms with Crippen molar-refractivity contribution in [2.24, 2.45) is 0 Å². The van der Waals surface area contributed by atoms with E-state index in [2.05, 4.69) is 10.2 Å². The van der Waals surface area contributed by atoms with Crippen molar-refractivity contribution in [2.45, 2.75) is 43.8 Å². The number of carbonyl (C=O) groups is 1. The fraction of sp³-hybridized carbons (Fsp3) is 0.611. The van der Waals surface area contributed by atoms with Crippen LogP contribution in [0.2, 0.25) is 0 Å². The summed E-state index contributed by atoms with van der Waals surface area (Å²) in [5.41, 5.74) is 1.28. The molecule has 0 bridgehead atoms. The molecule has 0 spiro atoms. The van der Waals surface area contributed by atoms with Gasteiger partial charge in [0.15, 0.2) is 5.16 Å². The van der Waals surface area contributed by atoms with Crippen molar-refractivity contribution in [3.63, 3.8) is 0 Å². The van der Waals surface area contributed by atoms with Gasteiger partial charge in [-0.1, -0.05) is 11.8 Å². The van der Waals surface area contributed by atoms with Crippen molar-refractivity contribution < 1.29 is 4.79 Å². The molecule has 1 aliphatic rings. The van der Waals surface area contributed by atoms with E-state index in [0.717, 1.165) is 42.4 Å². The summed E-state index contributed by atoms with van der Waals surface area (Å²) >= 11 is 3.01. The zero-order valence-electron chi connectivity index (χ0n) is 15.6. The molecule has 0 aliphatic heterocycles. The van der Waals surface area contributed by atoms with Crippen molar-refractivity contribution in [1.29, 1.82) is 0 Å². The minimum absolute atomic E-state index is 0.0605. The minimum Gasteiger partial charge on any atom is -0.358 e. The maximum Gasteiger partial charge on any atom is 0.263 e. The molecule has 0 fully saturated rings. The Balaban J connectivity index is 2.01. The topological polar surface area (TPSA) is 67.2 Å². The number of nitrogens with one attached hydrogen (secondary N) is 1. The van der Waals surface area contributed by atoms with Crippen LogP contribution >= 0.6 is 23.1 Å². The molecule has 6 nitrogen and oxygen atoms in total. The van der Waals surface area contributed by atoms with Crippen LogP contribution in [-0.4, -0.2) is 53.8 Å². The van der Waals surface area contributed by atoms with Crippen LogP contribution in [0, 0.1) is 0 Å². The number of carbonyl (C=O) groups excluding carboxylic acids is 1. The van der Waals surface area contributed by atoms with E-state index in [1.165, 1.54) is 28.6 Å². The van der Waals surface area contributed by atoms with Crippen LogP contribution in [0.25, 0.3) is 10.2 Å². The average molecular weight is 395 g/mol. The number of hydrogen-bond acceptors (Lipinski definition) is 6. The zero-order valence-corrected chi connectivity index (χ0v) is 17.3. The summed E-state index contributed by atoms with van der Waals surface area (Å²) in [5, 5.41) is 4.10. The number of amides is 1. The first-order chi connectivity index (χ1) is 12.5. The van der Waals surface area contributed by atoms with Crippen molar-refractivity contribution in [1.82, 2.24) is 19.8 Å². The third-order valence-corrected chi connectivity index (χ3v) is 6.80. The first-order valence-corrected chi connectivity index (χ1v) is 10.8. The van der Waals surface area contributed by atoms with E-state index in [1.807, 2.05) is 14.1 Å². The van der Waals surface area contributed by atoms with E-state index in [1.54, 1.807) is 23.0 Å². The van der Waals surface area contributed by atoms with Crippen molar-refractivity contribution in [2.75, 3.05) is 33.4 Å². The van der Waals surface area contributed by atoms with Gasteiger partial charge in [-0.15, -0.1) is 11.3 Å². The van der Waals surface area contributed by atoms with Gasteiger partial charge in [0.2, 0.25) is 5.91 Å². The number of thiophene rings is 1. The van der Waals surface area contributed by atoms with Gasteiger partial charge in [0, 0.05) is 18.5 Å². The summed E-state index contributed by atoms with van der Waals surface area (Å²) in [6.45, 7) is 1.53. The van der Waals surface area contributed by atoms with Crippen molar-refractivity contribution >= 4 is 39.2 Å². The Kier molecular flexibility index (Phi) is 6.37. The summed E-state index contributed by atoms with van der Waals surface area (Å²) in [6.07, 6.45) is 5.24. The van der Waals surface area contributed by atoms with Crippen LogP contribution in [0.1, 0.15) is 29.7 Å². The first-order valence-electron chi connectivity index (χ1n) is 9.04. The van der Waals surface area contributed by atoms with Gasteiger partial charge in [-0.3, -0.25) is 14.2 Å². The lowest BCUT2D eigenvalue weighted by molar-refractivity contribution is -0.118. The second kappa shape index (κ2) is 8.54. The predicted octanol–water partition coefficient (Wildman–Crippen LogP) is 2.13. The van der Waals surface area contributed by atoms with Crippen molar-refractivity contribution in [3.05, 3.63) is 20.8 Å². The lowest BCUT2D eigenvalue weighted by atomic mass is 9.97. The average Bonchev–Trinajstić information content (AvgIpc) is 2.99. The molecular formula is C18H26N4O2S2. The van der Waals surface area contributed by atoms with Crippen LogP contribution in [0.15, 0.2) is 9.95 Å². The van der Waals surface area contributed by atoms with Crippen molar-refractivity contribution in [3.8, 4) is 0 Å². The highest BCUT2D eigenvalue weighted by molar-refractivity contribution is 7.99. The molecule has 0 saturated carbocycles. The first kappa shape index (κ1) is 19.4. The second-order valence-electron chi connectivity index (χ2n) is 6.86. The Morgan fingerprint density at radius 3 is 2.85 bits per heavy atom. The molecule has 0 aromatic carbocycles. The Hall–Kier alpha value is -1.38. The third-order valence-electron chi connectivity index (χ3n) is 4.64. The van der Waals surface area contributed by atoms with Crippen LogP contribution < -0.4 is 10.9 Å². The van der Waals surface area contributed by atoms with E-state index in [9.17, 15) is 9.59 Å². The normalized spacial score (nSPS) is 14.0. The number of rotatable bonds is 7. The lowest BCUT2D eigenvalue weighted by Gasteiger charge is -2.14. The number of fused-ring (bicyclic) bond motifs is 3. The molecule has 0 saturated heterocycles. The fourth-order valence-corrected chi connectivity index (χ4v) is 5.47. The number of hydrogen-bond donors (Lipinski definition) is 1. The van der Waals surface area contributed by atoms with Crippen LogP contribution in [0.4, 0.5) is 0 Å².